The molecule has 10 nitrogen and oxygen atoms in total. The van der Waals surface area contributed by atoms with Gasteiger partial charge < -0.3 is 5.11 Å². The third-order valence-electron chi connectivity index (χ3n) is 2.32. The molecule has 1 N–H and O–H groups in total. The lowest BCUT2D eigenvalue weighted by atomic mass is 10.3. The molecule has 0 aliphatic heterocycles. The molecule has 0 aromatic heterocycles. The van der Waals surface area contributed by atoms with Gasteiger partial charge >= 0.3 is 11.5 Å². The van der Waals surface area contributed by atoms with Crippen molar-refractivity contribution in [2.24, 2.45) is 0 Å². The van der Waals surface area contributed by atoms with Crippen molar-refractivity contribution < 1.29 is 41.3 Å². The van der Waals surface area contributed by atoms with Crippen molar-refractivity contribution in [2.75, 3.05) is 5.75 Å². The predicted molar refractivity (Wildman–Crippen MR) is 71.1 cm³/mol. The summed E-state index contributed by atoms with van der Waals surface area (Å²) in [6, 6.07) is 0.234. The Morgan fingerprint density at radius 2 is 1.54 bits per heavy atom. The quantitative estimate of drug-likeness (QED) is 0.562. The van der Waals surface area contributed by atoms with Gasteiger partial charge in [0.05, 0.1) is 25.5 Å². The first kappa shape index (κ1) is 19.6. The van der Waals surface area contributed by atoms with Crippen LogP contribution in [0.1, 0.15) is 0 Å². The maximum Gasteiger partial charge on any atom is 0.475 e. The van der Waals surface area contributed by atoms with Crippen LogP contribution in [0, 0.1) is 20.2 Å². The Hall–Kier alpha value is -2.42. The fourth-order valence-electron chi connectivity index (χ4n) is 1.50. The van der Waals surface area contributed by atoms with E-state index in [9.17, 15) is 46.6 Å². The molecule has 24 heavy (non-hydrogen) atoms. The largest absolute Gasteiger partial charge is 0.481 e. The minimum Gasteiger partial charge on any atom is -0.481 e. The Balaban J connectivity index is 3.74. The number of carboxylic acids is 1. The lowest BCUT2D eigenvalue weighted by molar-refractivity contribution is -0.400. The number of nitro groups is 2. The van der Waals surface area contributed by atoms with Crippen LogP contribution in [-0.4, -0.2) is 40.6 Å². The smallest absolute Gasteiger partial charge is 0.475 e. The van der Waals surface area contributed by atoms with Gasteiger partial charge in [-0.05, 0) is 0 Å². The summed E-state index contributed by atoms with van der Waals surface area (Å²) >= 11 is 0. The Bertz CT molecular complexity index is 744. The number of rotatable bonds is 6. The highest BCUT2D eigenvalue weighted by atomic mass is 32.2. The summed E-state index contributed by atoms with van der Waals surface area (Å²) in [5.41, 5.74) is -8.13. The molecule has 0 radical (unpaired) electrons. The van der Waals surface area contributed by atoms with Gasteiger partial charge in [0.15, 0.2) is 15.7 Å². The van der Waals surface area contributed by atoms with Gasteiger partial charge in [-0.25, -0.2) is 4.21 Å². The zero-order valence-corrected chi connectivity index (χ0v) is 12.6. The summed E-state index contributed by atoms with van der Waals surface area (Å²) in [5, 5.41) is 30.4. The van der Waals surface area contributed by atoms with Crippen LogP contribution in [0.5, 0.6) is 0 Å². The molecule has 0 spiro atoms. The lowest BCUT2D eigenvalue weighted by Crippen LogP contribution is -2.18. The van der Waals surface area contributed by atoms with E-state index in [2.05, 4.69) is 0 Å². The van der Waals surface area contributed by atoms with E-state index in [0.717, 1.165) is 0 Å². The van der Waals surface area contributed by atoms with Crippen LogP contribution in [0.3, 0.4) is 0 Å². The number of nitro benzene ring substituents is 2. The molecule has 1 aromatic carbocycles. The van der Waals surface area contributed by atoms with Crippen molar-refractivity contribution in [1.82, 2.24) is 0 Å². The molecular weight excluding hydrogens is 385 g/mol. The predicted octanol–water partition coefficient (Wildman–Crippen LogP) is 1.32. The number of carbonyl (C=O) groups is 1. The average Bonchev–Trinajstić information content (AvgIpc) is 2.42. The van der Waals surface area contributed by atoms with Crippen molar-refractivity contribution >= 4 is 38.9 Å². The Kier molecular flexibility index (Phi) is 5.72. The third-order valence-corrected chi connectivity index (χ3v) is 4.79. The van der Waals surface area contributed by atoms with Crippen LogP contribution in [0.15, 0.2) is 21.9 Å². The molecule has 0 heterocycles. The summed E-state index contributed by atoms with van der Waals surface area (Å²) in [4.78, 5) is 27.2. The van der Waals surface area contributed by atoms with Gasteiger partial charge in [0, 0.05) is 12.1 Å². The Labute approximate surface area is 134 Å². The van der Waals surface area contributed by atoms with Crippen LogP contribution < -0.4 is 0 Å². The SMILES string of the molecule is O=C(O)CS(=O)c1c([N+](=O)[O-])cc(S(=O)C(F)(F)F)cc1[N+](=O)[O-]. The maximum absolute atomic E-state index is 12.5. The lowest BCUT2D eigenvalue weighted by Gasteiger charge is -2.08. The van der Waals surface area contributed by atoms with Crippen LogP contribution >= 0.6 is 0 Å². The number of halogens is 3. The van der Waals surface area contributed by atoms with Crippen LogP contribution in [0.4, 0.5) is 24.5 Å². The normalized spacial score (nSPS) is 14.0. The second kappa shape index (κ2) is 7.00. The third kappa shape index (κ3) is 4.31. The van der Waals surface area contributed by atoms with E-state index in [1.807, 2.05) is 0 Å². The number of benzene rings is 1. The molecule has 0 fully saturated rings. The monoisotopic (exact) mass is 390 g/mol. The average molecular weight is 390 g/mol. The first-order valence-electron chi connectivity index (χ1n) is 5.41. The number of nitrogens with zero attached hydrogens (tertiary/aromatic N) is 2. The van der Waals surface area contributed by atoms with Gasteiger partial charge in [0.2, 0.25) is 0 Å². The summed E-state index contributed by atoms with van der Waals surface area (Å²) in [7, 11) is -6.59. The van der Waals surface area contributed by atoms with Gasteiger partial charge in [0.1, 0.15) is 5.75 Å². The number of aliphatic carboxylic acids is 1. The summed E-state index contributed by atoms with van der Waals surface area (Å²) in [6.07, 6.45) is 0. The van der Waals surface area contributed by atoms with Gasteiger partial charge in [-0.3, -0.25) is 29.2 Å². The molecule has 132 valence electrons. The Morgan fingerprint density at radius 3 is 1.83 bits per heavy atom. The molecule has 0 saturated carbocycles. The number of hydrogen-bond donors (Lipinski definition) is 1. The highest BCUT2D eigenvalue weighted by molar-refractivity contribution is 7.86. The standard InChI is InChI=1S/C9H5F3N2O8S2/c10-9(11,12)24(22)4-1-5(13(17)18)8(6(2-4)14(19)20)23(21)3-7(15)16/h1-2H,3H2,(H,15,16). The zero-order chi connectivity index (χ0) is 18.8. The van der Waals surface area contributed by atoms with Gasteiger partial charge in [0.25, 0.3) is 11.4 Å². The first-order valence-corrected chi connectivity index (χ1v) is 7.88. The molecule has 0 bridgehead atoms. The molecular formula is C9H5F3N2O8S2. The van der Waals surface area contributed by atoms with E-state index in [1.54, 1.807) is 0 Å². The number of alkyl halides is 3. The van der Waals surface area contributed by atoms with Crippen molar-refractivity contribution in [1.29, 1.82) is 0 Å². The molecule has 0 amide bonds. The molecule has 15 heteroatoms. The minimum atomic E-state index is -5.34. The second-order valence-corrected chi connectivity index (χ2v) is 6.76. The van der Waals surface area contributed by atoms with E-state index < -0.39 is 69.8 Å². The molecule has 2 unspecified atom stereocenters. The molecule has 1 aromatic rings. The van der Waals surface area contributed by atoms with E-state index in [1.165, 1.54) is 0 Å². The molecule has 1 rings (SSSR count). The summed E-state index contributed by atoms with van der Waals surface area (Å²) in [6.45, 7) is 0. The molecule has 0 aliphatic rings. The Morgan fingerprint density at radius 1 is 1.12 bits per heavy atom. The van der Waals surface area contributed by atoms with E-state index >= 15 is 0 Å². The fraction of sp³-hybridized carbons (Fsp3) is 0.222. The first-order chi connectivity index (χ1) is 10.9. The van der Waals surface area contributed by atoms with E-state index in [4.69, 9.17) is 5.11 Å². The highest BCUT2D eigenvalue weighted by Gasteiger charge is 2.41. The van der Waals surface area contributed by atoms with Gasteiger partial charge in [-0.15, -0.1) is 0 Å². The van der Waals surface area contributed by atoms with Crippen molar-refractivity contribution in [3.63, 3.8) is 0 Å². The zero-order valence-electron chi connectivity index (χ0n) is 11.0. The highest BCUT2D eigenvalue weighted by Crippen LogP contribution is 2.37. The van der Waals surface area contributed by atoms with Crippen molar-refractivity contribution in [2.45, 2.75) is 15.3 Å². The molecule has 2 atom stereocenters. The van der Waals surface area contributed by atoms with Crippen molar-refractivity contribution in [3.8, 4) is 0 Å². The van der Waals surface area contributed by atoms with Crippen molar-refractivity contribution in [3.05, 3.63) is 32.4 Å². The molecule has 0 saturated heterocycles. The minimum absolute atomic E-state index is 0.117. The van der Waals surface area contributed by atoms with Gasteiger partial charge in [-0.1, -0.05) is 0 Å². The van der Waals surface area contributed by atoms with Crippen LogP contribution in [0.25, 0.3) is 0 Å². The topological polar surface area (TPSA) is 158 Å². The summed E-state index contributed by atoms with van der Waals surface area (Å²) in [5.74, 6) is -2.96. The van der Waals surface area contributed by atoms with E-state index in [-0.39, 0.29) is 12.1 Å². The molecule has 0 aliphatic carbocycles. The van der Waals surface area contributed by atoms with E-state index in [0.29, 0.717) is 0 Å². The second-order valence-electron chi connectivity index (χ2n) is 3.90. The number of hydrogen-bond acceptors (Lipinski definition) is 7. The van der Waals surface area contributed by atoms with Crippen LogP contribution in [0.2, 0.25) is 0 Å². The number of carboxylic acid groups (broad SMARTS) is 1. The fourth-order valence-corrected chi connectivity index (χ4v) is 3.31. The van der Waals surface area contributed by atoms with Crippen LogP contribution in [-0.2, 0) is 26.4 Å². The van der Waals surface area contributed by atoms with Gasteiger partial charge in [-0.2, -0.15) is 13.2 Å². The summed E-state index contributed by atoms with van der Waals surface area (Å²) < 4.78 is 60.4. The maximum atomic E-state index is 12.5.